The molecule has 172 valence electrons. The number of halogens is 3. The van der Waals surface area contributed by atoms with Gasteiger partial charge in [0.15, 0.2) is 18.2 Å². The van der Waals surface area contributed by atoms with Gasteiger partial charge >= 0.3 is 12.1 Å². The zero-order valence-corrected chi connectivity index (χ0v) is 17.6. The van der Waals surface area contributed by atoms with Gasteiger partial charge in [-0.05, 0) is 44.9 Å². The second kappa shape index (κ2) is 7.58. The van der Waals surface area contributed by atoms with Gasteiger partial charge < -0.3 is 18.9 Å². The van der Waals surface area contributed by atoms with E-state index in [2.05, 4.69) is 11.7 Å². The zero-order chi connectivity index (χ0) is 21.9. The number of fused-ring (bicyclic) bond motifs is 2. The first-order chi connectivity index (χ1) is 14.0. The molecule has 5 rings (SSSR count). The predicted molar refractivity (Wildman–Crippen MR) is 94.4 cm³/mol. The standard InChI is InChI=1S/C20H29F3O7/c1-5-25-15(24)14(20(21,22)23)26-16-11(3)13-7-6-10(2)12-8-9-18(4)28-17(27-16)19(12,13)30-29-18/h10-14,16-17H,5-9H2,1-4H3/t10-,11-,12+,13+,14?,16+,17-,18-,19-/m1/s1. The van der Waals surface area contributed by atoms with Crippen LogP contribution < -0.4 is 0 Å². The van der Waals surface area contributed by atoms with Crippen LogP contribution in [0.2, 0.25) is 0 Å². The lowest BCUT2D eigenvalue weighted by molar-refractivity contribution is -0.578. The van der Waals surface area contributed by atoms with Gasteiger partial charge in [0.05, 0.1) is 6.61 Å². The lowest BCUT2D eigenvalue weighted by Crippen LogP contribution is -2.71. The minimum atomic E-state index is -4.93. The van der Waals surface area contributed by atoms with Gasteiger partial charge in [-0.1, -0.05) is 13.8 Å². The number of esters is 1. The fraction of sp³-hybridized carbons (Fsp3) is 0.950. The lowest BCUT2D eigenvalue weighted by Gasteiger charge is -2.60. The third-order valence-corrected chi connectivity index (χ3v) is 7.17. The van der Waals surface area contributed by atoms with Crippen molar-refractivity contribution in [3.63, 3.8) is 0 Å². The molecule has 1 saturated carbocycles. The number of alkyl halides is 3. The molecule has 9 atom stereocenters. The Hall–Kier alpha value is -0.940. The van der Waals surface area contributed by atoms with Gasteiger partial charge in [-0.3, -0.25) is 0 Å². The topological polar surface area (TPSA) is 72.5 Å². The molecule has 7 nitrogen and oxygen atoms in total. The van der Waals surface area contributed by atoms with Crippen molar-refractivity contribution in [2.45, 2.75) is 89.6 Å². The Morgan fingerprint density at radius 3 is 2.57 bits per heavy atom. The third kappa shape index (κ3) is 3.44. The number of ether oxygens (including phenoxy) is 4. The summed E-state index contributed by atoms with van der Waals surface area (Å²) >= 11 is 0. The van der Waals surface area contributed by atoms with Crippen LogP contribution in [-0.2, 0) is 33.5 Å². The van der Waals surface area contributed by atoms with Crippen molar-refractivity contribution in [3.05, 3.63) is 0 Å². The van der Waals surface area contributed by atoms with Crippen LogP contribution in [0.1, 0.15) is 53.4 Å². The van der Waals surface area contributed by atoms with E-state index in [1.807, 2.05) is 0 Å². The van der Waals surface area contributed by atoms with Crippen molar-refractivity contribution in [1.82, 2.24) is 0 Å². The summed E-state index contributed by atoms with van der Waals surface area (Å²) in [5, 5.41) is 0. The molecule has 0 amide bonds. The van der Waals surface area contributed by atoms with E-state index >= 15 is 0 Å². The van der Waals surface area contributed by atoms with Crippen molar-refractivity contribution < 1.29 is 46.7 Å². The van der Waals surface area contributed by atoms with Crippen LogP contribution in [0, 0.1) is 23.7 Å². The van der Waals surface area contributed by atoms with Crippen molar-refractivity contribution in [2.75, 3.05) is 6.61 Å². The molecular weight excluding hydrogens is 409 g/mol. The molecule has 2 bridgehead atoms. The summed E-state index contributed by atoms with van der Waals surface area (Å²) in [5.41, 5.74) is -0.912. The monoisotopic (exact) mass is 438 g/mol. The molecule has 0 N–H and O–H groups in total. The minimum absolute atomic E-state index is 0.0810. The lowest BCUT2D eigenvalue weighted by atomic mass is 9.58. The first-order valence-electron chi connectivity index (χ1n) is 10.6. The SMILES string of the molecule is CCOC(=O)C(O[C@H]1O[C@@H]2O[C@@]3(C)CC[C@H]4[C@H](C)CC[C@@H]([C@H]1C)[C@@]24OO3)C(F)(F)F. The van der Waals surface area contributed by atoms with Crippen molar-refractivity contribution in [1.29, 1.82) is 0 Å². The van der Waals surface area contributed by atoms with E-state index in [4.69, 9.17) is 24.0 Å². The van der Waals surface area contributed by atoms with Gasteiger partial charge in [-0.15, -0.1) is 0 Å². The van der Waals surface area contributed by atoms with Gasteiger partial charge in [0.25, 0.3) is 6.10 Å². The molecule has 1 unspecified atom stereocenters. The maximum Gasteiger partial charge on any atom is 0.425 e. The summed E-state index contributed by atoms with van der Waals surface area (Å²) < 4.78 is 62.4. The average Bonchev–Trinajstić information content (AvgIpc) is 2.88. The number of rotatable bonds is 4. The highest BCUT2D eigenvalue weighted by molar-refractivity contribution is 5.75. The number of carbonyl (C=O) groups is 1. The van der Waals surface area contributed by atoms with Crippen LogP contribution in [0.5, 0.6) is 0 Å². The predicted octanol–water partition coefficient (Wildman–Crippen LogP) is 3.71. The second-order valence-corrected chi connectivity index (χ2v) is 9.08. The highest BCUT2D eigenvalue weighted by Crippen LogP contribution is 2.60. The Bertz CT molecular complexity index is 673. The Morgan fingerprint density at radius 2 is 1.90 bits per heavy atom. The Morgan fingerprint density at radius 1 is 1.17 bits per heavy atom. The Labute approximate surface area is 173 Å². The number of hydrogen-bond acceptors (Lipinski definition) is 7. The van der Waals surface area contributed by atoms with E-state index < -0.39 is 48.1 Å². The molecule has 10 heteroatoms. The minimum Gasteiger partial charge on any atom is -0.464 e. The largest absolute Gasteiger partial charge is 0.464 e. The molecule has 1 spiro atoms. The fourth-order valence-electron chi connectivity index (χ4n) is 5.65. The highest BCUT2D eigenvalue weighted by atomic mass is 19.4. The molecule has 0 aromatic carbocycles. The molecule has 4 aliphatic heterocycles. The summed E-state index contributed by atoms with van der Waals surface area (Å²) in [7, 11) is 0. The Balaban J connectivity index is 1.64. The molecule has 0 radical (unpaired) electrons. The molecule has 0 aromatic rings. The number of hydrogen-bond donors (Lipinski definition) is 0. The Kier molecular flexibility index (Phi) is 5.63. The van der Waals surface area contributed by atoms with Crippen LogP contribution >= 0.6 is 0 Å². The summed E-state index contributed by atoms with van der Waals surface area (Å²) in [6.45, 7) is 6.88. The van der Waals surface area contributed by atoms with Crippen LogP contribution in [0.15, 0.2) is 0 Å². The van der Waals surface area contributed by atoms with Crippen LogP contribution in [0.4, 0.5) is 13.2 Å². The van der Waals surface area contributed by atoms with Crippen molar-refractivity contribution in [2.24, 2.45) is 23.7 Å². The zero-order valence-electron chi connectivity index (χ0n) is 17.6. The molecular formula is C20H29F3O7. The highest BCUT2D eigenvalue weighted by Gasteiger charge is 2.70. The first-order valence-corrected chi connectivity index (χ1v) is 10.6. The maximum absolute atomic E-state index is 13.5. The van der Waals surface area contributed by atoms with Crippen LogP contribution in [-0.4, -0.2) is 48.8 Å². The second-order valence-electron chi connectivity index (χ2n) is 9.08. The third-order valence-electron chi connectivity index (χ3n) is 7.17. The van der Waals surface area contributed by atoms with Crippen LogP contribution in [0.3, 0.4) is 0 Å². The average molecular weight is 438 g/mol. The van der Waals surface area contributed by atoms with Gasteiger partial charge in [0, 0.05) is 18.3 Å². The van der Waals surface area contributed by atoms with E-state index in [1.54, 1.807) is 13.8 Å². The molecule has 4 saturated heterocycles. The summed E-state index contributed by atoms with van der Waals surface area (Å²) in [6.07, 6.45) is -6.91. The van der Waals surface area contributed by atoms with E-state index in [1.165, 1.54) is 6.92 Å². The quantitative estimate of drug-likeness (QED) is 0.490. The molecule has 5 fully saturated rings. The van der Waals surface area contributed by atoms with Crippen LogP contribution in [0.25, 0.3) is 0 Å². The summed E-state index contributed by atoms with van der Waals surface area (Å²) in [4.78, 5) is 23.6. The van der Waals surface area contributed by atoms with Gasteiger partial charge in [0.1, 0.15) is 0 Å². The van der Waals surface area contributed by atoms with Crippen molar-refractivity contribution in [3.8, 4) is 0 Å². The molecule has 1 aliphatic carbocycles. The summed E-state index contributed by atoms with van der Waals surface area (Å²) in [5.74, 6) is -2.81. The van der Waals surface area contributed by atoms with Gasteiger partial charge in [-0.25, -0.2) is 14.6 Å². The maximum atomic E-state index is 13.5. The first kappa shape index (κ1) is 22.3. The van der Waals surface area contributed by atoms with Gasteiger partial charge in [0.2, 0.25) is 5.79 Å². The van der Waals surface area contributed by atoms with E-state index in [0.717, 1.165) is 12.8 Å². The molecule has 0 aromatic heterocycles. The molecule has 4 heterocycles. The van der Waals surface area contributed by atoms with E-state index in [-0.39, 0.29) is 18.4 Å². The van der Waals surface area contributed by atoms with Crippen molar-refractivity contribution >= 4 is 5.97 Å². The fourth-order valence-corrected chi connectivity index (χ4v) is 5.65. The van der Waals surface area contributed by atoms with E-state index in [0.29, 0.717) is 18.8 Å². The normalized spacial score (nSPS) is 46.6. The van der Waals surface area contributed by atoms with Gasteiger partial charge in [-0.2, -0.15) is 13.2 Å². The molecule has 5 aliphatic rings. The van der Waals surface area contributed by atoms with E-state index in [9.17, 15) is 18.0 Å². The smallest absolute Gasteiger partial charge is 0.425 e. The molecule has 30 heavy (non-hydrogen) atoms. The number of carbonyl (C=O) groups excluding carboxylic acids is 1. The summed E-state index contributed by atoms with van der Waals surface area (Å²) in [6, 6.07) is 0.